The summed E-state index contributed by atoms with van der Waals surface area (Å²) in [6.45, 7) is -1.15. The summed E-state index contributed by atoms with van der Waals surface area (Å²) in [6.07, 6.45) is 0.472. The number of anilines is 1. The summed E-state index contributed by atoms with van der Waals surface area (Å²) in [7, 11) is -4.35. The number of nitrogens with zero attached hydrogens (tertiary/aromatic N) is 2. The molecule has 1 aliphatic carbocycles. The molecule has 1 fully saturated rings. The highest BCUT2D eigenvalue weighted by Crippen LogP contribution is 2.36. The van der Waals surface area contributed by atoms with Crippen molar-refractivity contribution in [3.05, 3.63) is 100 Å². The number of amides is 2. The molecule has 4 rings (SSSR count). The highest BCUT2D eigenvalue weighted by Gasteiger charge is 2.36. The Kier molecular flexibility index (Phi) is 11.1. The second-order valence-electron chi connectivity index (χ2n) is 11.1. The zero-order valence-electron chi connectivity index (χ0n) is 24.6. The van der Waals surface area contributed by atoms with Crippen LogP contribution in [0.3, 0.4) is 0 Å². The number of halogens is 5. The summed E-state index contributed by atoms with van der Waals surface area (Å²) < 4.78 is 80.8. The Morgan fingerprint density at radius 2 is 1.60 bits per heavy atom. The SMILES string of the molecule is CS(=O)(=O)N(CC(=O)N(Cc1ccc(F)cc1)[C@H](Cc1ccccc1)C(=O)NC1CCCCC1)c1cc(C(F)(F)F)ccc1Cl. The molecular formula is C32H34ClF4N3O4S. The molecule has 0 unspecified atom stereocenters. The fraction of sp³-hybridized carbons (Fsp3) is 0.375. The molecule has 1 atom stereocenters. The van der Waals surface area contributed by atoms with Gasteiger partial charge in [0.25, 0.3) is 0 Å². The number of hydrogen-bond acceptors (Lipinski definition) is 4. The first kappa shape index (κ1) is 34.2. The monoisotopic (exact) mass is 667 g/mol. The van der Waals surface area contributed by atoms with Gasteiger partial charge in [0.15, 0.2) is 0 Å². The first-order valence-electron chi connectivity index (χ1n) is 14.4. The van der Waals surface area contributed by atoms with Gasteiger partial charge in [-0.1, -0.05) is 73.3 Å². The molecule has 0 radical (unpaired) electrons. The summed E-state index contributed by atoms with van der Waals surface area (Å²) in [4.78, 5) is 29.3. The van der Waals surface area contributed by atoms with Gasteiger partial charge in [-0.25, -0.2) is 12.8 Å². The third-order valence-corrected chi connectivity index (χ3v) is 9.16. The summed E-state index contributed by atoms with van der Waals surface area (Å²) >= 11 is 6.19. The average Bonchev–Trinajstić information content (AvgIpc) is 2.99. The lowest BCUT2D eigenvalue weighted by Gasteiger charge is -2.35. The first-order chi connectivity index (χ1) is 21.2. The summed E-state index contributed by atoms with van der Waals surface area (Å²) in [6, 6.07) is 15.1. The zero-order valence-corrected chi connectivity index (χ0v) is 26.1. The Hall–Kier alpha value is -3.64. The number of alkyl halides is 3. The lowest BCUT2D eigenvalue weighted by atomic mass is 9.94. The summed E-state index contributed by atoms with van der Waals surface area (Å²) in [5, 5.41) is 2.73. The maximum absolute atomic E-state index is 14.2. The van der Waals surface area contributed by atoms with Gasteiger partial charge in [0.05, 0.1) is 22.5 Å². The first-order valence-corrected chi connectivity index (χ1v) is 16.7. The van der Waals surface area contributed by atoms with E-state index in [1.54, 1.807) is 30.3 Å². The van der Waals surface area contributed by atoms with Crippen LogP contribution in [0.2, 0.25) is 5.02 Å². The highest BCUT2D eigenvalue weighted by molar-refractivity contribution is 7.92. The van der Waals surface area contributed by atoms with Crippen molar-refractivity contribution < 1.29 is 35.6 Å². The van der Waals surface area contributed by atoms with Crippen LogP contribution >= 0.6 is 11.6 Å². The molecule has 0 saturated heterocycles. The number of carbonyl (C=O) groups excluding carboxylic acids is 2. The van der Waals surface area contributed by atoms with Crippen molar-refractivity contribution in [2.75, 3.05) is 17.1 Å². The number of hydrogen-bond donors (Lipinski definition) is 1. The Labute approximate surface area is 265 Å². The third kappa shape index (κ3) is 9.43. The Bertz CT molecular complexity index is 1580. The van der Waals surface area contributed by atoms with Gasteiger partial charge in [-0.15, -0.1) is 0 Å². The van der Waals surface area contributed by atoms with E-state index >= 15 is 0 Å². The fourth-order valence-electron chi connectivity index (χ4n) is 5.36. The standard InChI is InChI=1S/C32H34ClF4N3O4S/c1-45(43,44)40(28-19-24(32(35,36)37)14-17-27(28)33)21-30(41)39(20-23-12-15-25(34)16-13-23)29(18-22-8-4-2-5-9-22)31(42)38-26-10-6-3-7-11-26/h2,4-5,8-9,12-17,19,26,29H,3,6-7,10-11,18,20-21H2,1H3,(H,38,42)/t29-/m1/s1. The quantitative estimate of drug-likeness (QED) is 0.242. The number of benzene rings is 3. The second kappa shape index (κ2) is 14.6. The molecule has 3 aromatic carbocycles. The van der Waals surface area contributed by atoms with Crippen LogP contribution in [-0.4, -0.2) is 50.0 Å². The van der Waals surface area contributed by atoms with E-state index in [9.17, 15) is 35.6 Å². The molecule has 45 heavy (non-hydrogen) atoms. The molecule has 0 spiro atoms. The van der Waals surface area contributed by atoms with E-state index in [-0.39, 0.29) is 24.0 Å². The summed E-state index contributed by atoms with van der Waals surface area (Å²) in [5.74, 6) is -1.84. The molecule has 7 nitrogen and oxygen atoms in total. The minimum absolute atomic E-state index is 0.0650. The predicted octanol–water partition coefficient (Wildman–Crippen LogP) is 6.35. The van der Waals surface area contributed by atoms with E-state index in [0.29, 0.717) is 22.0 Å². The highest BCUT2D eigenvalue weighted by atomic mass is 35.5. The van der Waals surface area contributed by atoms with Crippen LogP contribution in [-0.2, 0) is 38.8 Å². The van der Waals surface area contributed by atoms with Gasteiger partial charge < -0.3 is 10.2 Å². The average molecular weight is 668 g/mol. The van der Waals surface area contributed by atoms with Crippen LogP contribution in [0.1, 0.15) is 48.8 Å². The Balaban J connectivity index is 1.76. The van der Waals surface area contributed by atoms with Gasteiger partial charge in [-0.3, -0.25) is 13.9 Å². The molecule has 1 aliphatic rings. The van der Waals surface area contributed by atoms with E-state index in [1.165, 1.54) is 29.2 Å². The van der Waals surface area contributed by atoms with E-state index in [0.717, 1.165) is 50.0 Å². The molecule has 1 N–H and O–H groups in total. The second-order valence-corrected chi connectivity index (χ2v) is 13.4. The van der Waals surface area contributed by atoms with Crippen LogP contribution in [0, 0.1) is 5.82 Å². The summed E-state index contributed by atoms with van der Waals surface area (Å²) in [5.41, 5.74) is -0.509. The van der Waals surface area contributed by atoms with Crippen molar-refractivity contribution in [3.8, 4) is 0 Å². The lowest BCUT2D eigenvalue weighted by molar-refractivity contribution is -0.140. The topological polar surface area (TPSA) is 86.8 Å². The van der Waals surface area contributed by atoms with Crippen LogP contribution in [0.4, 0.5) is 23.2 Å². The number of rotatable bonds is 11. The Morgan fingerprint density at radius 1 is 0.956 bits per heavy atom. The molecule has 0 aliphatic heterocycles. The van der Waals surface area contributed by atoms with Crippen molar-refractivity contribution in [1.82, 2.24) is 10.2 Å². The molecule has 0 aromatic heterocycles. The van der Waals surface area contributed by atoms with Gasteiger partial charge in [0.1, 0.15) is 18.4 Å². The van der Waals surface area contributed by atoms with Gasteiger partial charge in [-0.05, 0) is 54.3 Å². The van der Waals surface area contributed by atoms with Gasteiger partial charge in [0.2, 0.25) is 21.8 Å². The van der Waals surface area contributed by atoms with Gasteiger partial charge >= 0.3 is 6.18 Å². The normalized spacial score (nSPS) is 14.9. The number of carbonyl (C=O) groups is 2. The zero-order chi connectivity index (χ0) is 32.8. The molecule has 0 bridgehead atoms. The third-order valence-electron chi connectivity index (χ3n) is 7.71. The minimum Gasteiger partial charge on any atom is -0.352 e. The number of sulfonamides is 1. The van der Waals surface area contributed by atoms with Crippen LogP contribution in [0.15, 0.2) is 72.8 Å². The molecule has 3 aromatic rings. The van der Waals surface area contributed by atoms with E-state index in [2.05, 4.69) is 5.32 Å². The van der Waals surface area contributed by atoms with Gasteiger partial charge in [0, 0.05) is 19.0 Å². The van der Waals surface area contributed by atoms with Crippen molar-refractivity contribution >= 4 is 39.1 Å². The number of nitrogens with one attached hydrogen (secondary N) is 1. The molecule has 13 heteroatoms. The smallest absolute Gasteiger partial charge is 0.352 e. The van der Waals surface area contributed by atoms with Gasteiger partial charge in [-0.2, -0.15) is 13.2 Å². The van der Waals surface area contributed by atoms with Crippen molar-refractivity contribution in [2.45, 2.75) is 63.3 Å². The van der Waals surface area contributed by atoms with E-state index < -0.39 is 57.7 Å². The van der Waals surface area contributed by atoms with E-state index in [1.807, 2.05) is 0 Å². The van der Waals surface area contributed by atoms with Crippen molar-refractivity contribution in [3.63, 3.8) is 0 Å². The molecule has 2 amide bonds. The van der Waals surface area contributed by atoms with Crippen LogP contribution < -0.4 is 9.62 Å². The predicted molar refractivity (Wildman–Crippen MR) is 165 cm³/mol. The molecule has 0 heterocycles. The fourth-order valence-corrected chi connectivity index (χ4v) is 6.48. The maximum Gasteiger partial charge on any atom is 0.416 e. The largest absolute Gasteiger partial charge is 0.416 e. The molecule has 1 saturated carbocycles. The molecule has 242 valence electrons. The maximum atomic E-state index is 14.2. The van der Waals surface area contributed by atoms with Crippen molar-refractivity contribution in [1.29, 1.82) is 0 Å². The minimum atomic E-state index is -4.81. The lowest BCUT2D eigenvalue weighted by Crippen LogP contribution is -2.55. The Morgan fingerprint density at radius 3 is 2.20 bits per heavy atom. The van der Waals surface area contributed by atoms with Crippen molar-refractivity contribution in [2.24, 2.45) is 0 Å². The van der Waals surface area contributed by atoms with Crippen LogP contribution in [0.25, 0.3) is 0 Å². The van der Waals surface area contributed by atoms with Crippen LogP contribution in [0.5, 0.6) is 0 Å². The molecular weight excluding hydrogens is 634 g/mol. The van der Waals surface area contributed by atoms with E-state index in [4.69, 9.17) is 11.6 Å².